The molecule has 15 nitrogen and oxygen atoms in total. The van der Waals surface area contributed by atoms with Crippen LogP contribution in [0.25, 0.3) is 21.6 Å². The average molecular weight is 960 g/mol. The molecule has 4 aliphatic rings. The highest BCUT2D eigenvalue weighted by atomic mass is 32.2. The van der Waals surface area contributed by atoms with Gasteiger partial charge in [-0.15, -0.1) is 17.9 Å². The molecule has 3 saturated carbocycles. The van der Waals surface area contributed by atoms with Crippen molar-refractivity contribution >= 4 is 56.2 Å². The number of unbranched alkanes of at least 4 members (excludes halogenated alkanes) is 3. The van der Waals surface area contributed by atoms with Crippen molar-refractivity contribution in [1.82, 2.24) is 35.2 Å². The van der Waals surface area contributed by atoms with E-state index in [1.54, 1.807) is 32.9 Å². The Balaban J connectivity index is 1.20. The van der Waals surface area contributed by atoms with Crippen LogP contribution in [0.2, 0.25) is 0 Å². The highest BCUT2D eigenvalue weighted by Gasteiger charge is 2.63. The molecule has 360 valence electrons. The molecule has 5 atom stereocenters. The summed E-state index contributed by atoms with van der Waals surface area (Å²) in [5.41, 5.74) is -2.70. The first-order chi connectivity index (χ1) is 31.1. The van der Waals surface area contributed by atoms with E-state index in [-0.39, 0.29) is 36.2 Å². The number of carbonyl (C=O) groups is 4. The lowest BCUT2D eigenvalue weighted by atomic mass is 9.87. The minimum absolute atomic E-state index is 0.00759. The fraction of sp³-hybridized carbons (Fsp3) is 0.630. The zero-order valence-electron chi connectivity index (χ0n) is 38.1. The van der Waals surface area contributed by atoms with Crippen molar-refractivity contribution in [3.05, 3.63) is 47.6 Å². The number of aromatic nitrogens is 3. The number of nitrogens with one attached hydrogen (secondary N) is 3. The smallest absolute Gasteiger partial charge is 0.438 e. The molecule has 3 aliphatic carbocycles. The number of alkyl halides is 3. The predicted molar refractivity (Wildman–Crippen MR) is 242 cm³/mol. The summed E-state index contributed by atoms with van der Waals surface area (Å²) >= 11 is 1.33. The summed E-state index contributed by atoms with van der Waals surface area (Å²) in [6.45, 7) is 11.8. The Bertz CT molecular complexity index is 2450. The number of para-hydroxylation sites is 1. The van der Waals surface area contributed by atoms with E-state index in [2.05, 4.69) is 31.9 Å². The molecule has 3 N–H and O–H groups in total. The molecular weight excluding hydrogens is 900 g/mol. The maximum Gasteiger partial charge on any atom is 0.438 e. The Morgan fingerprint density at radius 1 is 1.05 bits per heavy atom. The van der Waals surface area contributed by atoms with Crippen LogP contribution in [0.5, 0.6) is 5.88 Å². The summed E-state index contributed by atoms with van der Waals surface area (Å²) < 4.78 is 83.8. The highest BCUT2D eigenvalue weighted by Crippen LogP contribution is 2.47. The molecule has 4 fully saturated rings. The van der Waals surface area contributed by atoms with Crippen LogP contribution in [-0.2, 0) is 35.3 Å². The molecule has 1 aliphatic heterocycles. The number of halogens is 3. The third kappa shape index (κ3) is 10.8. The minimum atomic E-state index is -5.05. The number of ether oxygens (including phenoxy) is 2. The third-order valence-corrected chi connectivity index (χ3v) is 16.1. The Hall–Kier alpha value is -4.85. The topological polar surface area (TPSA) is 199 Å². The Morgan fingerprint density at radius 2 is 1.77 bits per heavy atom. The van der Waals surface area contributed by atoms with Gasteiger partial charge in [-0.05, 0) is 78.4 Å². The monoisotopic (exact) mass is 959 g/mol. The average Bonchev–Trinajstić information content (AvgIpc) is 4.05. The summed E-state index contributed by atoms with van der Waals surface area (Å²) in [4.78, 5) is 70.5. The van der Waals surface area contributed by atoms with Crippen LogP contribution in [0.15, 0.2) is 36.2 Å². The number of thiazole rings is 1. The molecule has 1 saturated heterocycles. The van der Waals surface area contributed by atoms with E-state index in [0.717, 1.165) is 62.0 Å². The number of benzene rings is 1. The summed E-state index contributed by atoms with van der Waals surface area (Å²) in [6.07, 6.45) is 3.02. The number of hydrogen-bond donors (Lipinski definition) is 3. The van der Waals surface area contributed by atoms with Crippen LogP contribution in [0.4, 0.5) is 18.0 Å². The quantitative estimate of drug-likeness (QED) is 0.0873. The van der Waals surface area contributed by atoms with E-state index in [1.807, 2.05) is 12.3 Å². The standard InChI is InChI=1S/C46H60F3N7O8S2/c1-7-9-10-14-19-32(52-42(60)64-43(3,4)5)40(58)56-25-29(23-34(56)37(57)54-45(24-28(45)8-2)41(59)55-66(61,62)44(6)21-22-44)63-38-36(46(47,48)49)53-35-30(18-15-20-31(35)50-38)39-51-33(26-65-39)27-16-12-11-13-17-27/h8,15,18,20,26-29,32,34H,2,7,9-14,16-17,19,21-25H2,1,3-6H3,(H,52,60)(H,54,57)(H,55,59)/t28-,29-,32+,34+,45-/m1/s1. The molecule has 0 unspecified atom stereocenters. The van der Waals surface area contributed by atoms with Crippen molar-refractivity contribution in [2.75, 3.05) is 6.54 Å². The first kappa shape index (κ1) is 49.1. The molecule has 0 spiro atoms. The number of hydrogen-bond acceptors (Lipinski definition) is 12. The molecule has 3 aromatic rings. The van der Waals surface area contributed by atoms with E-state index in [0.29, 0.717) is 29.8 Å². The van der Waals surface area contributed by atoms with Gasteiger partial charge in [0.25, 0.3) is 5.91 Å². The molecule has 4 amide bonds. The van der Waals surface area contributed by atoms with Gasteiger partial charge in [-0.1, -0.05) is 64.0 Å². The molecule has 2 aromatic heterocycles. The number of alkyl carbamates (subject to hydrolysis) is 1. The van der Waals surface area contributed by atoms with E-state index >= 15 is 13.2 Å². The van der Waals surface area contributed by atoms with Gasteiger partial charge in [0, 0.05) is 29.2 Å². The van der Waals surface area contributed by atoms with E-state index in [1.165, 1.54) is 30.4 Å². The molecule has 0 bridgehead atoms. The fourth-order valence-corrected chi connectivity index (χ4v) is 11.1. The van der Waals surface area contributed by atoms with Gasteiger partial charge in [0.1, 0.15) is 34.3 Å². The zero-order valence-corrected chi connectivity index (χ0v) is 39.7. The SMILES string of the molecule is C=C[C@@H]1C[C@]1(NC(=O)[C@@H]1C[C@@H](Oc2nc3cccc(-c4nc(C5CCCCC5)cs4)c3nc2C(F)(F)F)CN1C(=O)[C@H](CCCCCC)NC(=O)OC(C)(C)C)C(=O)NS(=O)(=O)C1(C)CC1. The van der Waals surface area contributed by atoms with Crippen LogP contribution in [-0.4, -0.2) is 92.7 Å². The van der Waals surface area contributed by atoms with Gasteiger partial charge in [-0.2, -0.15) is 13.2 Å². The number of rotatable bonds is 17. The lowest BCUT2D eigenvalue weighted by molar-refractivity contribution is -0.143. The van der Waals surface area contributed by atoms with Gasteiger partial charge < -0.3 is 25.0 Å². The first-order valence-electron chi connectivity index (χ1n) is 22.9. The van der Waals surface area contributed by atoms with Crippen molar-refractivity contribution in [2.45, 2.75) is 171 Å². The molecule has 0 radical (unpaired) electrons. The Morgan fingerprint density at radius 3 is 2.41 bits per heavy atom. The van der Waals surface area contributed by atoms with Crippen LogP contribution in [0.1, 0.15) is 142 Å². The van der Waals surface area contributed by atoms with Crippen LogP contribution in [0, 0.1) is 5.92 Å². The molecule has 66 heavy (non-hydrogen) atoms. The number of carbonyl (C=O) groups excluding carboxylic acids is 4. The van der Waals surface area contributed by atoms with E-state index in [4.69, 9.17) is 14.5 Å². The molecule has 7 rings (SSSR count). The van der Waals surface area contributed by atoms with Crippen LogP contribution < -0.4 is 20.1 Å². The second-order valence-electron chi connectivity index (χ2n) is 19.4. The van der Waals surface area contributed by atoms with Crippen molar-refractivity contribution < 1.29 is 50.2 Å². The number of fused-ring (bicyclic) bond motifs is 1. The van der Waals surface area contributed by atoms with Gasteiger partial charge in [0.15, 0.2) is 0 Å². The minimum Gasteiger partial charge on any atom is -0.471 e. The van der Waals surface area contributed by atoms with Gasteiger partial charge in [-0.25, -0.2) is 28.2 Å². The van der Waals surface area contributed by atoms with Gasteiger partial charge in [0.05, 0.1) is 28.0 Å². The van der Waals surface area contributed by atoms with E-state index < -0.39 is 98.1 Å². The van der Waals surface area contributed by atoms with Crippen LogP contribution in [0.3, 0.4) is 0 Å². The summed E-state index contributed by atoms with van der Waals surface area (Å²) in [6, 6.07) is 2.15. The van der Waals surface area contributed by atoms with Gasteiger partial charge in [0.2, 0.25) is 33.4 Å². The lowest BCUT2D eigenvalue weighted by Crippen LogP contribution is -2.58. The zero-order chi connectivity index (χ0) is 47.8. The van der Waals surface area contributed by atoms with Crippen LogP contribution >= 0.6 is 11.3 Å². The second-order valence-corrected chi connectivity index (χ2v) is 22.4. The molecule has 3 heterocycles. The fourth-order valence-electron chi connectivity index (χ4n) is 8.83. The van der Waals surface area contributed by atoms with Gasteiger partial charge in [-0.3, -0.25) is 19.1 Å². The number of nitrogens with zero attached hydrogens (tertiary/aromatic N) is 4. The van der Waals surface area contributed by atoms with Gasteiger partial charge >= 0.3 is 12.3 Å². The number of amides is 4. The molecule has 20 heteroatoms. The summed E-state index contributed by atoms with van der Waals surface area (Å²) in [5.74, 6) is -3.83. The second kappa shape index (κ2) is 19.0. The van der Waals surface area contributed by atoms with Crippen molar-refractivity contribution in [3.63, 3.8) is 0 Å². The maximum absolute atomic E-state index is 15.0. The third-order valence-electron chi connectivity index (χ3n) is 13.1. The number of likely N-dealkylation sites (tertiary alicyclic amines) is 1. The van der Waals surface area contributed by atoms with Crippen molar-refractivity contribution in [3.8, 4) is 16.5 Å². The number of sulfonamides is 1. The molecular formula is C46H60F3N7O8S2. The summed E-state index contributed by atoms with van der Waals surface area (Å²) in [5, 5.41) is 7.79. The maximum atomic E-state index is 15.0. The molecule has 1 aromatic carbocycles. The van der Waals surface area contributed by atoms with Crippen molar-refractivity contribution in [2.24, 2.45) is 5.92 Å². The Labute approximate surface area is 387 Å². The normalized spacial score (nSPS) is 23.5. The first-order valence-corrected chi connectivity index (χ1v) is 25.3. The summed E-state index contributed by atoms with van der Waals surface area (Å²) in [7, 11) is -4.12. The Kier molecular flexibility index (Phi) is 14.2. The highest BCUT2D eigenvalue weighted by molar-refractivity contribution is 7.91. The van der Waals surface area contributed by atoms with E-state index in [9.17, 15) is 27.6 Å². The largest absolute Gasteiger partial charge is 0.471 e. The lowest BCUT2D eigenvalue weighted by Gasteiger charge is -2.30. The predicted octanol–water partition coefficient (Wildman–Crippen LogP) is 8.09. The van der Waals surface area contributed by atoms with Crippen molar-refractivity contribution in [1.29, 1.82) is 0 Å².